The van der Waals surface area contributed by atoms with Crippen LogP contribution in [0.15, 0.2) is 36.7 Å². The predicted molar refractivity (Wildman–Crippen MR) is 80.5 cm³/mol. The lowest BCUT2D eigenvalue weighted by molar-refractivity contribution is 0.564. The first-order valence-corrected chi connectivity index (χ1v) is 7.15. The number of benzene rings is 1. The van der Waals surface area contributed by atoms with E-state index in [1.807, 2.05) is 6.07 Å². The van der Waals surface area contributed by atoms with Gasteiger partial charge in [0, 0.05) is 23.9 Å². The van der Waals surface area contributed by atoms with Gasteiger partial charge in [-0.1, -0.05) is 6.07 Å². The first-order chi connectivity index (χ1) is 10.2. The van der Waals surface area contributed by atoms with Crippen molar-refractivity contribution in [2.45, 2.75) is 12.3 Å². The van der Waals surface area contributed by atoms with E-state index < -0.39 is 11.6 Å². The molecule has 0 bridgehead atoms. The summed E-state index contributed by atoms with van der Waals surface area (Å²) in [6, 6.07) is 5.43. The van der Waals surface area contributed by atoms with Crippen LogP contribution in [-0.2, 0) is 6.42 Å². The van der Waals surface area contributed by atoms with Gasteiger partial charge in [-0.3, -0.25) is 4.98 Å². The molecule has 0 aliphatic heterocycles. The van der Waals surface area contributed by atoms with E-state index in [9.17, 15) is 8.78 Å². The molecule has 2 aromatic heterocycles. The molecule has 1 aromatic carbocycles. The summed E-state index contributed by atoms with van der Waals surface area (Å²) in [6.45, 7) is 0. The second-order valence-corrected chi connectivity index (χ2v) is 5.20. The maximum absolute atomic E-state index is 13.8. The van der Waals surface area contributed by atoms with Crippen LogP contribution in [0.2, 0.25) is 0 Å². The molecule has 2 heterocycles. The fourth-order valence-corrected chi connectivity index (χ4v) is 2.57. The van der Waals surface area contributed by atoms with Gasteiger partial charge in [0.1, 0.15) is 17.5 Å². The number of aromatic amines is 1. The first-order valence-electron chi connectivity index (χ1n) is 6.52. The zero-order valence-electron chi connectivity index (χ0n) is 11.1. The maximum Gasteiger partial charge on any atom is 0.129 e. The lowest BCUT2D eigenvalue weighted by Gasteiger charge is -2.12. The van der Waals surface area contributed by atoms with E-state index in [0.29, 0.717) is 17.7 Å². The van der Waals surface area contributed by atoms with Gasteiger partial charge >= 0.3 is 0 Å². The number of pyridine rings is 1. The number of hydrogen-bond donors (Lipinski definition) is 2. The number of rotatable bonds is 4. The highest BCUT2D eigenvalue weighted by Gasteiger charge is 2.17. The molecule has 0 saturated heterocycles. The monoisotopic (exact) mass is 305 g/mol. The number of nitrogens with one attached hydrogen (secondary N) is 1. The van der Waals surface area contributed by atoms with E-state index in [0.717, 1.165) is 22.9 Å². The van der Waals surface area contributed by atoms with Crippen LogP contribution < -0.4 is 0 Å². The quantitative estimate of drug-likeness (QED) is 0.725. The van der Waals surface area contributed by atoms with Gasteiger partial charge in [-0.15, -0.1) is 0 Å². The molecule has 0 aliphatic carbocycles. The van der Waals surface area contributed by atoms with Crippen LogP contribution in [0.3, 0.4) is 0 Å². The van der Waals surface area contributed by atoms with Gasteiger partial charge in [0.25, 0.3) is 0 Å². The third kappa shape index (κ3) is 2.90. The number of fused-ring (bicyclic) bond motifs is 1. The van der Waals surface area contributed by atoms with Crippen molar-refractivity contribution >= 4 is 23.7 Å². The molecular formula is C15H13F2N3S. The third-order valence-electron chi connectivity index (χ3n) is 3.39. The standard InChI is InChI=1S/C15H13F2N3S/c16-11-2-1-9(12(17)6-11)5-10(8-21)15-19-13-3-4-18-7-14(13)20-15/h1-4,6-7,10,21H,5,8H2,(H,19,20)/t10-/m1/s1. The lowest BCUT2D eigenvalue weighted by Crippen LogP contribution is -2.08. The van der Waals surface area contributed by atoms with Gasteiger partial charge < -0.3 is 4.98 Å². The van der Waals surface area contributed by atoms with Crippen molar-refractivity contribution < 1.29 is 8.78 Å². The molecule has 1 N–H and O–H groups in total. The molecule has 0 amide bonds. The number of imidazole rings is 1. The molecule has 3 rings (SSSR count). The Bertz CT molecular complexity index is 739. The van der Waals surface area contributed by atoms with Crippen LogP contribution in [0.25, 0.3) is 11.0 Å². The molecule has 108 valence electrons. The number of hydrogen-bond acceptors (Lipinski definition) is 3. The molecule has 0 saturated carbocycles. The fourth-order valence-electron chi connectivity index (χ4n) is 2.27. The Labute approximate surface area is 125 Å². The summed E-state index contributed by atoms with van der Waals surface area (Å²) in [4.78, 5) is 11.7. The van der Waals surface area contributed by atoms with Crippen molar-refractivity contribution in [1.29, 1.82) is 0 Å². The largest absolute Gasteiger partial charge is 0.340 e. The molecule has 0 unspecified atom stereocenters. The van der Waals surface area contributed by atoms with Crippen molar-refractivity contribution in [3.63, 3.8) is 0 Å². The Balaban J connectivity index is 1.90. The summed E-state index contributed by atoms with van der Waals surface area (Å²) in [5, 5.41) is 0. The van der Waals surface area contributed by atoms with Crippen molar-refractivity contribution in [1.82, 2.24) is 15.0 Å². The van der Waals surface area contributed by atoms with Crippen molar-refractivity contribution in [3.05, 3.63) is 59.7 Å². The summed E-state index contributed by atoms with van der Waals surface area (Å²) in [6.07, 6.45) is 3.77. The number of nitrogens with zero attached hydrogens (tertiary/aromatic N) is 2. The maximum atomic E-state index is 13.8. The van der Waals surface area contributed by atoms with E-state index in [4.69, 9.17) is 0 Å². The highest BCUT2D eigenvalue weighted by Crippen LogP contribution is 2.24. The summed E-state index contributed by atoms with van der Waals surface area (Å²) in [5.74, 6) is 0.0369. The topological polar surface area (TPSA) is 41.6 Å². The molecule has 0 radical (unpaired) electrons. The average molecular weight is 305 g/mol. The highest BCUT2D eigenvalue weighted by molar-refractivity contribution is 7.80. The Hall–Kier alpha value is -1.95. The average Bonchev–Trinajstić information content (AvgIpc) is 2.90. The Kier molecular flexibility index (Phi) is 3.88. The van der Waals surface area contributed by atoms with Crippen molar-refractivity contribution in [3.8, 4) is 0 Å². The molecule has 1 atom stereocenters. The van der Waals surface area contributed by atoms with Crippen LogP contribution in [-0.4, -0.2) is 20.7 Å². The SMILES string of the molecule is Fc1ccc(C[C@H](CS)c2nc3ccncc3[nH]2)c(F)c1. The van der Waals surface area contributed by atoms with Crippen molar-refractivity contribution in [2.24, 2.45) is 0 Å². The summed E-state index contributed by atoms with van der Waals surface area (Å²) >= 11 is 4.32. The number of halogens is 2. The van der Waals surface area contributed by atoms with E-state index in [-0.39, 0.29) is 5.92 Å². The second-order valence-electron chi connectivity index (χ2n) is 4.83. The zero-order chi connectivity index (χ0) is 14.8. The Morgan fingerprint density at radius 3 is 2.81 bits per heavy atom. The van der Waals surface area contributed by atoms with Gasteiger partial charge in [-0.05, 0) is 24.1 Å². The van der Waals surface area contributed by atoms with E-state index in [1.54, 1.807) is 12.4 Å². The molecule has 0 fully saturated rings. The zero-order valence-corrected chi connectivity index (χ0v) is 11.9. The lowest BCUT2D eigenvalue weighted by atomic mass is 10.00. The van der Waals surface area contributed by atoms with Crippen LogP contribution in [0.5, 0.6) is 0 Å². The van der Waals surface area contributed by atoms with Gasteiger partial charge in [0.15, 0.2) is 0 Å². The van der Waals surface area contributed by atoms with Gasteiger partial charge in [-0.25, -0.2) is 13.8 Å². The minimum absolute atomic E-state index is 0.0827. The van der Waals surface area contributed by atoms with Gasteiger partial charge in [0.05, 0.1) is 17.2 Å². The molecule has 21 heavy (non-hydrogen) atoms. The van der Waals surface area contributed by atoms with Gasteiger partial charge in [0.2, 0.25) is 0 Å². The van der Waals surface area contributed by atoms with E-state index >= 15 is 0 Å². The number of thiol groups is 1. The summed E-state index contributed by atoms with van der Waals surface area (Å²) in [5.41, 5.74) is 2.10. The number of H-pyrrole nitrogens is 1. The molecule has 0 aliphatic rings. The molecule has 3 aromatic rings. The van der Waals surface area contributed by atoms with Crippen molar-refractivity contribution in [2.75, 3.05) is 5.75 Å². The Morgan fingerprint density at radius 2 is 2.10 bits per heavy atom. The molecule has 3 nitrogen and oxygen atoms in total. The predicted octanol–water partition coefficient (Wildman–Crippen LogP) is 3.49. The number of aromatic nitrogens is 3. The Morgan fingerprint density at radius 1 is 1.24 bits per heavy atom. The van der Waals surface area contributed by atoms with E-state index in [1.165, 1.54) is 12.1 Å². The molecular weight excluding hydrogens is 292 g/mol. The third-order valence-corrected chi connectivity index (χ3v) is 3.83. The molecule has 0 spiro atoms. The van der Waals surface area contributed by atoms with Crippen LogP contribution in [0, 0.1) is 11.6 Å². The minimum Gasteiger partial charge on any atom is -0.340 e. The molecule has 6 heteroatoms. The summed E-state index contributed by atoms with van der Waals surface area (Å²) < 4.78 is 26.7. The minimum atomic E-state index is -0.575. The normalized spacial score (nSPS) is 12.7. The smallest absolute Gasteiger partial charge is 0.129 e. The fraction of sp³-hybridized carbons (Fsp3) is 0.200. The summed E-state index contributed by atoms with van der Waals surface area (Å²) in [7, 11) is 0. The van der Waals surface area contributed by atoms with Crippen LogP contribution >= 0.6 is 12.6 Å². The highest BCUT2D eigenvalue weighted by atomic mass is 32.1. The van der Waals surface area contributed by atoms with Gasteiger partial charge in [-0.2, -0.15) is 12.6 Å². The van der Waals surface area contributed by atoms with Crippen LogP contribution in [0.1, 0.15) is 17.3 Å². The van der Waals surface area contributed by atoms with Crippen LogP contribution in [0.4, 0.5) is 8.78 Å². The second kappa shape index (κ2) is 5.81. The van der Waals surface area contributed by atoms with E-state index in [2.05, 4.69) is 27.6 Å². The first kappa shape index (κ1) is 14.0.